The van der Waals surface area contributed by atoms with Crippen LogP contribution in [0.1, 0.15) is 17.5 Å². The summed E-state index contributed by atoms with van der Waals surface area (Å²) in [5.74, 6) is 0. The largest absolute Gasteiger partial charge is 0.152 e. The summed E-state index contributed by atoms with van der Waals surface area (Å²) in [4.78, 5) is 0. The van der Waals surface area contributed by atoms with E-state index in [9.17, 15) is 0 Å². The summed E-state index contributed by atoms with van der Waals surface area (Å²) in [6.07, 6.45) is 2.47. The Balaban J connectivity index is 2.49. The summed E-state index contributed by atoms with van der Waals surface area (Å²) in [6, 6.07) is 0. The van der Waals surface area contributed by atoms with Crippen LogP contribution in [-0.4, -0.2) is 5.33 Å². The lowest BCUT2D eigenvalue weighted by Gasteiger charge is -1.94. The SMILES string of the molecule is Cc1cscc1CCCBr. The van der Waals surface area contributed by atoms with Crippen molar-refractivity contribution in [2.75, 3.05) is 5.33 Å². The second-order valence-electron chi connectivity index (χ2n) is 2.37. The van der Waals surface area contributed by atoms with Crippen LogP contribution in [0, 0.1) is 6.92 Å². The maximum absolute atomic E-state index is 3.42. The molecular formula is C8H11BrS. The highest BCUT2D eigenvalue weighted by atomic mass is 79.9. The molecule has 0 radical (unpaired) electrons. The molecule has 1 aromatic heterocycles. The molecule has 0 spiro atoms. The topological polar surface area (TPSA) is 0 Å². The average molecular weight is 219 g/mol. The maximum atomic E-state index is 3.42. The number of alkyl halides is 1. The van der Waals surface area contributed by atoms with Crippen LogP contribution >= 0.6 is 27.3 Å². The minimum Gasteiger partial charge on any atom is -0.152 e. The second kappa shape index (κ2) is 4.14. The Hall–Kier alpha value is 0.180. The summed E-state index contributed by atoms with van der Waals surface area (Å²) >= 11 is 5.22. The Morgan fingerprint density at radius 1 is 1.50 bits per heavy atom. The highest BCUT2D eigenvalue weighted by Crippen LogP contribution is 2.15. The van der Waals surface area contributed by atoms with Crippen molar-refractivity contribution >= 4 is 27.3 Å². The minimum atomic E-state index is 1.11. The molecule has 0 nitrogen and oxygen atoms in total. The molecule has 1 aromatic rings. The fourth-order valence-electron chi connectivity index (χ4n) is 0.900. The Morgan fingerprint density at radius 2 is 2.30 bits per heavy atom. The normalized spacial score (nSPS) is 10.2. The van der Waals surface area contributed by atoms with Crippen LogP contribution in [0.4, 0.5) is 0 Å². The third kappa shape index (κ3) is 2.10. The van der Waals surface area contributed by atoms with E-state index in [-0.39, 0.29) is 0 Å². The monoisotopic (exact) mass is 218 g/mol. The summed E-state index contributed by atoms with van der Waals surface area (Å²) in [5, 5.41) is 5.57. The van der Waals surface area contributed by atoms with Gasteiger partial charge in [0.1, 0.15) is 0 Å². The molecule has 0 unspecified atom stereocenters. The van der Waals surface area contributed by atoms with Crippen molar-refractivity contribution in [2.45, 2.75) is 19.8 Å². The van der Waals surface area contributed by atoms with Gasteiger partial charge >= 0.3 is 0 Å². The van der Waals surface area contributed by atoms with Gasteiger partial charge in [-0.05, 0) is 41.7 Å². The molecule has 1 heterocycles. The van der Waals surface area contributed by atoms with Gasteiger partial charge in [0.2, 0.25) is 0 Å². The summed E-state index contributed by atoms with van der Waals surface area (Å²) < 4.78 is 0. The fraction of sp³-hybridized carbons (Fsp3) is 0.500. The first-order valence-electron chi connectivity index (χ1n) is 3.42. The highest BCUT2D eigenvalue weighted by molar-refractivity contribution is 9.09. The van der Waals surface area contributed by atoms with Gasteiger partial charge in [0, 0.05) is 5.33 Å². The molecule has 0 fully saturated rings. The Morgan fingerprint density at radius 3 is 2.80 bits per heavy atom. The lowest BCUT2D eigenvalue weighted by atomic mass is 10.1. The third-order valence-corrected chi connectivity index (χ3v) is 3.01. The minimum absolute atomic E-state index is 1.11. The van der Waals surface area contributed by atoms with Crippen molar-refractivity contribution in [3.05, 3.63) is 21.9 Å². The predicted octanol–water partition coefficient (Wildman–Crippen LogP) is 3.38. The molecule has 0 bridgehead atoms. The quantitative estimate of drug-likeness (QED) is 0.683. The van der Waals surface area contributed by atoms with Crippen molar-refractivity contribution in [3.8, 4) is 0 Å². The molecule has 1 rings (SSSR count). The summed E-state index contributed by atoms with van der Waals surface area (Å²) in [7, 11) is 0. The molecule has 0 atom stereocenters. The molecule has 56 valence electrons. The first-order valence-corrected chi connectivity index (χ1v) is 5.48. The molecule has 2 heteroatoms. The van der Waals surface area contributed by atoms with Gasteiger partial charge in [-0.2, -0.15) is 11.3 Å². The van der Waals surface area contributed by atoms with Crippen molar-refractivity contribution in [3.63, 3.8) is 0 Å². The number of rotatable bonds is 3. The fourth-order valence-corrected chi connectivity index (χ4v) is 2.07. The van der Waals surface area contributed by atoms with E-state index in [4.69, 9.17) is 0 Å². The van der Waals surface area contributed by atoms with Crippen LogP contribution in [0.5, 0.6) is 0 Å². The Kier molecular flexibility index (Phi) is 3.43. The van der Waals surface area contributed by atoms with E-state index in [1.807, 2.05) is 0 Å². The van der Waals surface area contributed by atoms with E-state index in [2.05, 4.69) is 33.6 Å². The Labute approximate surface area is 74.4 Å². The molecule has 0 aromatic carbocycles. The van der Waals surface area contributed by atoms with Gasteiger partial charge in [0.25, 0.3) is 0 Å². The molecule has 0 aliphatic heterocycles. The van der Waals surface area contributed by atoms with Crippen LogP contribution < -0.4 is 0 Å². The third-order valence-electron chi connectivity index (χ3n) is 1.54. The summed E-state index contributed by atoms with van der Waals surface area (Å²) in [5.41, 5.74) is 2.97. The molecule has 0 saturated carbocycles. The average Bonchev–Trinajstić information content (AvgIpc) is 2.31. The lowest BCUT2D eigenvalue weighted by Crippen LogP contribution is -1.84. The van der Waals surface area contributed by atoms with Crippen LogP contribution in [0.2, 0.25) is 0 Å². The van der Waals surface area contributed by atoms with Crippen molar-refractivity contribution in [1.29, 1.82) is 0 Å². The number of hydrogen-bond donors (Lipinski definition) is 0. The van der Waals surface area contributed by atoms with Crippen LogP contribution in [0.25, 0.3) is 0 Å². The molecular weight excluding hydrogens is 208 g/mol. The Bertz CT molecular complexity index is 193. The molecule has 0 amide bonds. The standard InChI is InChI=1S/C8H11BrS/c1-7-5-10-6-8(7)3-2-4-9/h5-6H,2-4H2,1H3. The van der Waals surface area contributed by atoms with E-state index in [1.54, 1.807) is 11.3 Å². The van der Waals surface area contributed by atoms with Crippen molar-refractivity contribution in [1.82, 2.24) is 0 Å². The number of aryl methyl sites for hydroxylation is 2. The van der Waals surface area contributed by atoms with Gasteiger partial charge in [-0.25, -0.2) is 0 Å². The zero-order valence-corrected chi connectivity index (χ0v) is 8.46. The van der Waals surface area contributed by atoms with E-state index in [0.717, 1.165) is 5.33 Å². The number of thiophene rings is 1. The summed E-state index contributed by atoms with van der Waals surface area (Å²) in [6.45, 7) is 2.18. The van der Waals surface area contributed by atoms with Gasteiger partial charge in [0.15, 0.2) is 0 Å². The molecule has 0 saturated heterocycles. The van der Waals surface area contributed by atoms with Gasteiger partial charge in [-0.3, -0.25) is 0 Å². The van der Waals surface area contributed by atoms with Gasteiger partial charge in [-0.1, -0.05) is 15.9 Å². The number of halogens is 1. The molecule has 0 N–H and O–H groups in total. The van der Waals surface area contributed by atoms with E-state index < -0.39 is 0 Å². The zero-order chi connectivity index (χ0) is 7.40. The van der Waals surface area contributed by atoms with Crippen LogP contribution in [0.3, 0.4) is 0 Å². The highest BCUT2D eigenvalue weighted by Gasteiger charge is 1.96. The van der Waals surface area contributed by atoms with Crippen molar-refractivity contribution < 1.29 is 0 Å². The smallest absolute Gasteiger partial charge is 0.00344 e. The number of hydrogen-bond acceptors (Lipinski definition) is 1. The predicted molar refractivity (Wildman–Crippen MR) is 51.2 cm³/mol. The van der Waals surface area contributed by atoms with Crippen LogP contribution in [0.15, 0.2) is 10.8 Å². The van der Waals surface area contributed by atoms with Crippen molar-refractivity contribution in [2.24, 2.45) is 0 Å². The molecule has 10 heavy (non-hydrogen) atoms. The van der Waals surface area contributed by atoms with Gasteiger partial charge < -0.3 is 0 Å². The zero-order valence-electron chi connectivity index (χ0n) is 6.06. The first-order chi connectivity index (χ1) is 4.84. The lowest BCUT2D eigenvalue weighted by molar-refractivity contribution is 0.936. The molecule has 0 aliphatic carbocycles. The van der Waals surface area contributed by atoms with Crippen LogP contribution in [-0.2, 0) is 6.42 Å². The second-order valence-corrected chi connectivity index (χ2v) is 3.91. The maximum Gasteiger partial charge on any atom is 0.00344 e. The van der Waals surface area contributed by atoms with Gasteiger partial charge in [0.05, 0.1) is 0 Å². The van der Waals surface area contributed by atoms with E-state index in [1.165, 1.54) is 24.0 Å². The molecule has 0 aliphatic rings. The van der Waals surface area contributed by atoms with E-state index in [0.29, 0.717) is 0 Å². The van der Waals surface area contributed by atoms with Gasteiger partial charge in [-0.15, -0.1) is 0 Å². The first kappa shape index (κ1) is 8.28. The van der Waals surface area contributed by atoms with E-state index >= 15 is 0 Å².